The van der Waals surface area contributed by atoms with Crippen LogP contribution in [0.1, 0.15) is 0 Å². The molecule has 0 bridgehead atoms. The first-order valence-electron chi connectivity index (χ1n) is 4.50. The first-order valence-corrected chi connectivity index (χ1v) is 4.50. The molecular formula is C8H10N4O5. The molecule has 0 saturated carbocycles. The number of nitrogens with zero attached hydrogens (tertiary/aromatic N) is 3. The van der Waals surface area contributed by atoms with Crippen molar-refractivity contribution in [3.63, 3.8) is 0 Å². The molecule has 1 aromatic heterocycles. The van der Waals surface area contributed by atoms with E-state index >= 15 is 0 Å². The van der Waals surface area contributed by atoms with Crippen molar-refractivity contribution in [3.8, 4) is 0 Å². The van der Waals surface area contributed by atoms with Crippen LogP contribution in [-0.2, 0) is 9.53 Å². The minimum Gasteiger partial charge on any atom is -0.467 e. The van der Waals surface area contributed by atoms with E-state index in [-0.39, 0.29) is 11.6 Å². The molecule has 92 valence electrons. The van der Waals surface area contributed by atoms with Gasteiger partial charge in [-0.1, -0.05) is 0 Å². The van der Waals surface area contributed by atoms with Gasteiger partial charge in [-0.05, 0) is 0 Å². The number of aromatic nitrogens is 2. The van der Waals surface area contributed by atoms with Gasteiger partial charge in [0, 0.05) is 0 Å². The van der Waals surface area contributed by atoms with Gasteiger partial charge in [-0.2, -0.15) is 0 Å². The second-order valence-corrected chi connectivity index (χ2v) is 2.92. The molecule has 0 spiro atoms. The summed E-state index contributed by atoms with van der Waals surface area (Å²) in [7, 11) is 1.17. The van der Waals surface area contributed by atoms with Gasteiger partial charge in [0.25, 0.3) is 0 Å². The molecule has 1 unspecified atom stereocenters. The normalized spacial score (nSPS) is 11.6. The van der Waals surface area contributed by atoms with Gasteiger partial charge < -0.3 is 15.2 Å². The van der Waals surface area contributed by atoms with Crippen molar-refractivity contribution in [1.29, 1.82) is 0 Å². The third-order valence-corrected chi connectivity index (χ3v) is 1.82. The van der Waals surface area contributed by atoms with Crippen LogP contribution in [0.3, 0.4) is 0 Å². The van der Waals surface area contributed by atoms with Crippen molar-refractivity contribution in [1.82, 2.24) is 9.97 Å². The summed E-state index contributed by atoms with van der Waals surface area (Å²) in [6, 6.07) is -1.01. The number of nitrogens with one attached hydrogen (secondary N) is 1. The molecule has 9 heteroatoms. The lowest BCUT2D eigenvalue weighted by Gasteiger charge is -2.12. The van der Waals surface area contributed by atoms with Gasteiger partial charge in [-0.25, -0.2) is 14.8 Å². The van der Waals surface area contributed by atoms with E-state index in [1.54, 1.807) is 0 Å². The molecule has 1 atom stereocenters. The lowest BCUT2D eigenvalue weighted by Crippen LogP contribution is -2.34. The highest BCUT2D eigenvalue weighted by atomic mass is 16.6. The van der Waals surface area contributed by atoms with E-state index in [4.69, 9.17) is 5.11 Å². The molecule has 0 aliphatic rings. The number of hydrogen-bond donors (Lipinski definition) is 2. The van der Waals surface area contributed by atoms with Gasteiger partial charge in [0.15, 0.2) is 6.04 Å². The summed E-state index contributed by atoms with van der Waals surface area (Å²) in [5.41, 5.74) is -0.269. The number of nitro groups is 1. The summed E-state index contributed by atoms with van der Waals surface area (Å²) in [5.74, 6) is -0.700. The first kappa shape index (κ1) is 12.8. The highest BCUT2D eigenvalue weighted by Gasteiger charge is 2.19. The fraction of sp³-hybridized carbons (Fsp3) is 0.375. The zero-order valence-electron chi connectivity index (χ0n) is 8.86. The maximum absolute atomic E-state index is 11.1. The Balaban J connectivity index is 2.74. The van der Waals surface area contributed by atoms with Crippen molar-refractivity contribution in [2.75, 3.05) is 19.0 Å². The molecule has 0 saturated heterocycles. The Kier molecular flexibility index (Phi) is 4.29. The summed E-state index contributed by atoms with van der Waals surface area (Å²) in [5, 5.41) is 21.7. The quantitative estimate of drug-likeness (QED) is 0.395. The second kappa shape index (κ2) is 5.70. The predicted molar refractivity (Wildman–Crippen MR) is 55.2 cm³/mol. The molecule has 1 aromatic rings. The number of methoxy groups -OCH3 is 1. The van der Waals surface area contributed by atoms with Gasteiger partial charge in [0.05, 0.1) is 18.6 Å². The SMILES string of the molecule is COC(=O)C(CO)Nc1ncc([N+](=O)[O-])cn1. The van der Waals surface area contributed by atoms with Crippen molar-refractivity contribution < 1.29 is 19.6 Å². The topological polar surface area (TPSA) is 127 Å². The van der Waals surface area contributed by atoms with Crippen LogP contribution in [0.4, 0.5) is 11.6 Å². The molecular weight excluding hydrogens is 232 g/mol. The summed E-state index contributed by atoms with van der Waals surface area (Å²) >= 11 is 0. The Labute approximate surface area is 95.6 Å². The molecule has 1 heterocycles. The number of hydrogen-bond acceptors (Lipinski definition) is 8. The Morgan fingerprint density at radius 2 is 2.24 bits per heavy atom. The zero-order valence-corrected chi connectivity index (χ0v) is 8.86. The molecule has 0 aliphatic heterocycles. The number of ether oxygens (including phenoxy) is 1. The predicted octanol–water partition coefficient (Wildman–Crippen LogP) is -0.669. The Bertz CT molecular complexity index is 407. The highest BCUT2D eigenvalue weighted by Crippen LogP contribution is 2.09. The van der Waals surface area contributed by atoms with Crippen LogP contribution >= 0.6 is 0 Å². The van der Waals surface area contributed by atoms with Gasteiger partial charge >= 0.3 is 11.7 Å². The van der Waals surface area contributed by atoms with Crippen LogP contribution in [0.2, 0.25) is 0 Å². The van der Waals surface area contributed by atoms with Crippen LogP contribution in [0.5, 0.6) is 0 Å². The fourth-order valence-corrected chi connectivity index (χ4v) is 0.967. The van der Waals surface area contributed by atoms with Gasteiger partial charge in [0.2, 0.25) is 5.95 Å². The zero-order chi connectivity index (χ0) is 12.8. The number of carbonyl (C=O) groups excluding carboxylic acids is 1. The fourth-order valence-electron chi connectivity index (χ4n) is 0.967. The Hall–Kier alpha value is -2.29. The third-order valence-electron chi connectivity index (χ3n) is 1.82. The van der Waals surface area contributed by atoms with E-state index in [0.717, 1.165) is 12.4 Å². The lowest BCUT2D eigenvalue weighted by molar-refractivity contribution is -0.385. The van der Waals surface area contributed by atoms with Gasteiger partial charge in [-0.15, -0.1) is 0 Å². The molecule has 2 N–H and O–H groups in total. The van der Waals surface area contributed by atoms with Crippen molar-refractivity contribution in [2.24, 2.45) is 0 Å². The second-order valence-electron chi connectivity index (χ2n) is 2.92. The van der Waals surface area contributed by atoms with E-state index in [1.807, 2.05) is 0 Å². The lowest BCUT2D eigenvalue weighted by atomic mass is 10.3. The van der Waals surface area contributed by atoms with E-state index in [2.05, 4.69) is 20.0 Å². The summed E-state index contributed by atoms with van der Waals surface area (Å²) in [4.78, 5) is 28.0. The summed E-state index contributed by atoms with van der Waals surface area (Å²) in [6.07, 6.45) is 1.97. The number of aliphatic hydroxyl groups is 1. The van der Waals surface area contributed by atoms with Crippen molar-refractivity contribution in [2.45, 2.75) is 6.04 Å². The van der Waals surface area contributed by atoms with Gasteiger partial charge in [0.1, 0.15) is 12.4 Å². The maximum atomic E-state index is 11.1. The standard InChI is InChI=1S/C8H10N4O5/c1-17-7(14)6(4-13)11-8-9-2-5(3-10-8)12(15)16/h2-3,6,13H,4H2,1H3,(H,9,10,11). The monoisotopic (exact) mass is 242 g/mol. The Morgan fingerprint density at radius 1 is 1.65 bits per heavy atom. The summed E-state index contributed by atoms with van der Waals surface area (Å²) < 4.78 is 4.41. The number of aliphatic hydroxyl groups excluding tert-OH is 1. The van der Waals surface area contributed by atoms with E-state index in [0.29, 0.717) is 0 Å². The molecule has 0 aliphatic carbocycles. The Morgan fingerprint density at radius 3 is 2.65 bits per heavy atom. The van der Waals surface area contributed by atoms with Crippen molar-refractivity contribution >= 4 is 17.6 Å². The minimum atomic E-state index is -1.01. The van der Waals surface area contributed by atoms with Crippen LogP contribution in [-0.4, -0.2) is 45.7 Å². The van der Waals surface area contributed by atoms with E-state index in [9.17, 15) is 14.9 Å². The maximum Gasteiger partial charge on any atom is 0.330 e. The molecule has 0 amide bonds. The average Bonchev–Trinajstić information content (AvgIpc) is 2.35. The molecule has 1 rings (SSSR count). The van der Waals surface area contributed by atoms with Crippen LogP contribution in [0, 0.1) is 10.1 Å². The number of rotatable bonds is 5. The first-order chi connectivity index (χ1) is 8.08. The minimum absolute atomic E-state index is 0.0138. The molecule has 0 radical (unpaired) electrons. The molecule has 0 fully saturated rings. The number of esters is 1. The number of carbonyl (C=O) groups is 1. The van der Waals surface area contributed by atoms with Crippen LogP contribution < -0.4 is 5.32 Å². The molecule has 0 aromatic carbocycles. The smallest absolute Gasteiger partial charge is 0.330 e. The third kappa shape index (κ3) is 3.34. The number of anilines is 1. The van der Waals surface area contributed by atoms with Crippen LogP contribution in [0.25, 0.3) is 0 Å². The highest BCUT2D eigenvalue weighted by molar-refractivity contribution is 5.78. The van der Waals surface area contributed by atoms with E-state index < -0.39 is 23.5 Å². The molecule has 17 heavy (non-hydrogen) atoms. The van der Waals surface area contributed by atoms with E-state index in [1.165, 1.54) is 7.11 Å². The summed E-state index contributed by atoms with van der Waals surface area (Å²) in [6.45, 7) is -0.507. The average molecular weight is 242 g/mol. The largest absolute Gasteiger partial charge is 0.467 e. The van der Waals surface area contributed by atoms with Crippen LogP contribution in [0.15, 0.2) is 12.4 Å². The van der Waals surface area contributed by atoms with Gasteiger partial charge in [-0.3, -0.25) is 10.1 Å². The van der Waals surface area contributed by atoms with Crippen molar-refractivity contribution in [3.05, 3.63) is 22.5 Å². The molecule has 9 nitrogen and oxygen atoms in total.